The van der Waals surface area contributed by atoms with Gasteiger partial charge in [-0.05, 0) is 12.0 Å². The van der Waals surface area contributed by atoms with Gasteiger partial charge in [0.15, 0.2) is 0 Å². The molecule has 3 aliphatic heterocycles. The molecule has 23 heavy (non-hydrogen) atoms. The molecule has 3 N–H and O–H groups in total. The molecule has 2 fully saturated rings. The second-order valence-corrected chi connectivity index (χ2v) is 5.64. The summed E-state index contributed by atoms with van der Waals surface area (Å²) in [5.74, 6) is -1.92. The van der Waals surface area contributed by atoms with Crippen LogP contribution in [0.4, 0.5) is 4.79 Å². The van der Waals surface area contributed by atoms with Gasteiger partial charge in [0.1, 0.15) is 18.3 Å². The van der Waals surface area contributed by atoms with E-state index in [9.17, 15) is 24.3 Å². The average Bonchev–Trinajstić information content (AvgIpc) is 2.79. The molecule has 3 atom stereocenters. The van der Waals surface area contributed by atoms with E-state index in [4.69, 9.17) is 5.73 Å². The molecule has 0 saturated carbocycles. The fourth-order valence-corrected chi connectivity index (χ4v) is 3.65. The van der Waals surface area contributed by atoms with Crippen LogP contribution >= 0.6 is 0 Å². The number of primary amides is 1. The number of amides is 3. The first-order valence-electron chi connectivity index (χ1n) is 6.80. The average molecular weight is 333 g/mol. The van der Waals surface area contributed by atoms with Crippen LogP contribution in [0.1, 0.15) is 14.8 Å². The number of likely N-dealkylation sites (tertiary alicyclic amines) is 1. The number of hydrogen-bond donors (Lipinski definition) is 2. The van der Waals surface area contributed by atoms with E-state index in [1.807, 2.05) is 0 Å². The van der Waals surface area contributed by atoms with Crippen molar-refractivity contribution in [1.29, 1.82) is 0 Å². The minimum Gasteiger partial charge on any atom is -1.00 e. The first-order valence-corrected chi connectivity index (χ1v) is 6.80. The van der Waals surface area contributed by atoms with Crippen molar-refractivity contribution < 1.29 is 60.0 Å². The van der Waals surface area contributed by atoms with E-state index in [0.29, 0.717) is 18.5 Å². The molecule has 3 heterocycles. The van der Waals surface area contributed by atoms with Crippen molar-refractivity contribution >= 4 is 23.9 Å². The molecule has 0 aromatic carbocycles. The molecule has 0 aromatic rings. The maximum absolute atomic E-state index is 12.3. The summed E-state index contributed by atoms with van der Waals surface area (Å²) in [6, 6.07) is -0.879. The normalized spacial score (nSPS) is 27.9. The third-order valence-electron chi connectivity index (χ3n) is 4.44. The molecule has 0 unspecified atom stereocenters. The van der Waals surface area contributed by atoms with Gasteiger partial charge in [-0.15, -0.1) is 0 Å². The molecule has 0 spiro atoms. The van der Waals surface area contributed by atoms with Crippen LogP contribution in [0, 0.1) is 5.92 Å². The summed E-state index contributed by atoms with van der Waals surface area (Å²) in [5, 5.41) is 9.38. The van der Waals surface area contributed by atoms with Crippen molar-refractivity contribution in [2.75, 3.05) is 13.2 Å². The quantitative estimate of drug-likeness (QED) is 0.400. The Bertz CT molecular complexity index is 639. The maximum Gasteiger partial charge on any atom is 1.00 e. The Kier molecular flexibility index (Phi) is 4.74. The van der Waals surface area contributed by atoms with Crippen molar-refractivity contribution in [2.24, 2.45) is 11.7 Å². The van der Waals surface area contributed by atoms with E-state index < -0.39 is 24.0 Å². The molecule has 2 saturated heterocycles. The molecular weight excluding hydrogens is 317 g/mol. The SMILES string of the molecule is CC(=O)N1C[C@H]2CC(COC(N)=O)=C(C(=O)O)N3C(=O)[C@@H]1[C@@H]23.[H-].[Na+]. The van der Waals surface area contributed by atoms with E-state index in [2.05, 4.69) is 4.74 Å². The fraction of sp³-hybridized carbons (Fsp3) is 0.538. The number of carboxylic acid groups (broad SMARTS) is 1. The summed E-state index contributed by atoms with van der Waals surface area (Å²) in [7, 11) is 0. The monoisotopic (exact) mass is 333 g/mol. The van der Waals surface area contributed by atoms with Crippen molar-refractivity contribution in [3.63, 3.8) is 0 Å². The van der Waals surface area contributed by atoms with Crippen LogP contribution in [-0.4, -0.2) is 64.0 Å². The number of aliphatic carboxylic acids is 1. The van der Waals surface area contributed by atoms with Gasteiger partial charge in [-0.3, -0.25) is 14.5 Å². The molecule has 0 aromatic heterocycles. The van der Waals surface area contributed by atoms with Gasteiger partial charge in [-0.25, -0.2) is 9.59 Å². The summed E-state index contributed by atoms with van der Waals surface area (Å²) in [5.41, 5.74) is 5.09. The Morgan fingerprint density at radius 3 is 2.61 bits per heavy atom. The van der Waals surface area contributed by atoms with E-state index in [1.165, 1.54) is 16.7 Å². The Morgan fingerprint density at radius 2 is 2.09 bits per heavy atom. The van der Waals surface area contributed by atoms with Crippen molar-refractivity contribution in [3.05, 3.63) is 11.3 Å². The van der Waals surface area contributed by atoms with E-state index in [-0.39, 0.29) is 61.2 Å². The molecule has 9 nitrogen and oxygen atoms in total. The Morgan fingerprint density at radius 1 is 1.43 bits per heavy atom. The van der Waals surface area contributed by atoms with Crippen LogP contribution in [0.2, 0.25) is 0 Å². The fourth-order valence-electron chi connectivity index (χ4n) is 3.65. The van der Waals surface area contributed by atoms with Gasteiger partial charge >= 0.3 is 41.6 Å². The molecule has 120 valence electrons. The molecule has 3 rings (SSSR count). The van der Waals surface area contributed by atoms with Crippen LogP contribution in [0.5, 0.6) is 0 Å². The van der Waals surface area contributed by atoms with Crippen molar-refractivity contribution in [2.45, 2.75) is 25.4 Å². The Labute approximate surface area is 155 Å². The molecule has 0 radical (unpaired) electrons. The van der Waals surface area contributed by atoms with Gasteiger partial charge in [0, 0.05) is 19.4 Å². The van der Waals surface area contributed by atoms with Crippen molar-refractivity contribution in [1.82, 2.24) is 9.80 Å². The van der Waals surface area contributed by atoms with E-state index in [0.717, 1.165) is 0 Å². The van der Waals surface area contributed by atoms with Crippen molar-refractivity contribution in [3.8, 4) is 0 Å². The molecule has 10 heteroatoms. The number of hydrogen-bond acceptors (Lipinski definition) is 5. The summed E-state index contributed by atoms with van der Waals surface area (Å²) >= 11 is 0. The predicted octanol–water partition coefficient (Wildman–Crippen LogP) is -4.00. The van der Waals surface area contributed by atoms with Gasteiger partial charge in [0.05, 0.1) is 6.04 Å². The second-order valence-electron chi connectivity index (χ2n) is 5.64. The van der Waals surface area contributed by atoms with Crippen LogP contribution < -0.4 is 35.3 Å². The summed E-state index contributed by atoms with van der Waals surface area (Å²) < 4.78 is 4.68. The minimum atomic E-state index is -1.26. The molecular formula is C13H16N3NaO6. The van der Waals surface area contributed by atoms with E-state index >= 15 is 0 Å². The van der Waals surface area contributed by atoms with Gasteiger partial charge in [0.25, 0.3) is 5.91 Å². The standard InChI is InChI=1S/C13H15N3O6.Na.H/c1-5(17)15-3-6-2-7(4-22-13(14)21)9(12(19)20)16-8(6)10(15)11(16)18;;/h6,8,10H,2-4H2,1H3,(H2,14,21)(H,19,20);;/q;+1;-1/t6-,8-,10+;;/m1../s1. The van der Waals surface area contributed by atoms with Gasteiger partial charge in [-0.2, -0.15) is 0 Å². The number of carbonyl (C=O) groups excluding carboxylic acids is 3. The molecule has 3 aliphatic rings. The number of β-lactam (4-membered cyclic amide) rings is 1. The maximum atomic E-state index is 12.3. The van der Waals surface area contributed by atoms with E-state index in [1.54, 1.807) is 0 Å². The van der Waals surface area contributed by atoms with Crippen LogP contribution in [0.3, 0.4) is 0 Å². The van der Waals surface area contributed by atoms with Gasteiger partial charge < -0.3 is 21.9 Å². The van der Waals surface area contributed by atoms with Gasteiger partial charge in [-0.1, -0.05) is 0 Å². The smallest absolute Gasteiger partial charge is 1.00 e. The number of carbonyl (C=O) groups is 4. The summed E-state index contributed by atoms with van der Waals surface area (Å²) in [6.45, 7) is 1.50. The number of nitrogens with two attached hydrogens (primary N) is 1. The first-order chi connectivity index (χ1) is 10.3. The second kappa shape index (κ2) is 6.14. The number of carboxylic acids is 1. The molecule has 0 aliphatic carbocycles. The Balaban J connectivity index is 0.00000144. The zero-order valence-electron chi connectivity index (χ0n) is 13.8. The molecule has 0 bridgehead atoms. The topological polar surface area (TPSA) is 130 Å². The zero-order chi connectivity index (χ0) is 16.2. The zero-order valence-corrected chi connectivity index (χ0v) is 14.8. The van der Waals surface area contributed by atoms with Crippen LogP contribution in [-0.2, 0) is 19.1 Å². The first kappa shape index (κ1) is 17.8. The van der Waals surface area contributed by atoms with Gasteiger partial charge in [0.2, 0.25) is 5.91 Å². The van der Waals surface area contributed by atoms with Crippen LogP contribution in [0.15, 0.2) is 11.3 Å². The number of ether oxygens (including phenoxy) is 1. The third-order valence-corrected chi connectivity index (χ3v) is 4.44. The predicted molar refractivity (Wildman–Crippen MR) is 71.2 cm³/mol. The minimum absolute atomic E-state index is 0. The third kappa shape index (κ3) is 2.62. The largest absolute Gasteiger partial charge is 1.00 e. The summed E-state index contributed by atoms with van der Waals surface area (Å²) in [6.07, 6.45) is -0.659. The Hall–Kier alpha value is -1.58. The number of rotatable bonds is 3. The number of nitrogens with zero attached hydrogens (tertiary/aromatic N) is 2. The summed E-state index contributed by atoms with van der Waals surface area (Å²) in [4.78, 5) is 48.8. The van der Waals surface area contributed by atoms with Crippen LogP contribution in [0.25, 0.3) is 0 Å². The molecule has 3 amide bonds.